The van der Waals surface area contributed by atoms with E-state index in [4.69, 9.17) is 0 Å². The average molecular weight is 184 g/mol. The van der Waals surface area contributed by atoms with Gasteiger partial charge in [0.15, 0.2) is 0 Å². The molecule has 0 aliphatic carbocycles. The van der Waals surface area contributed by atoms with Crippen LogP contribution in [0.2, 0.25) is 0 Å². The van der Waals surface area contributed by atoms with Crippen LogP contribution in [0.15, 0.2) is 0 Å². The molecular weight excluding hydrogens is 160 g/mol. The SMILES string of the molecule is CNC1CCCN(CC(C)C)CC1. The van der Waals surface area contributed by atoms with E-state index < -0.39 is 0 Å². The normalized spacial score (nSPS) is 26.3. The van der Waals surface area contributed by atoms with Crippen molar-refractivity contribution in [3.05, 3.63) is 0 Å². The van der Waals surface area contributed by atoms with E-state index >= 15 is 0 Å². The van der Waals surface area contributed by atoms with Crippen molar-refractivity contribution in [2.24, 2.45) is 5.92 Å². The third kappa shape index (κ3) is 4.10. The van der Waals surface area contributed by atoms with Gasteiger partial charge in [0.05, 0.1) is 0 Å². The van der Waals surface area contributed by atoms with Crippen molar-refractivity contribution in [2.45, 2.75) is 39.2 Å². The number of nitrogens with one attached hydrogen (secondary N) is 1. The Morgan fingerprint density at radius 1 is 1.31 bits per heavy atom. The summed E-state index contributed by atoms with van der Waals surface area (Å²) in [5, 5.41) is 3.39. The molecule has 0 aromatic carbocycles. The van der Waals surface area contributed by atoms with Crippen LogP contribution in [-0.2, 0) is 0 Å². The second kappa shape index (κ2) is 5.61. The summed E-state index contributed by atoms with van der Waals surface area (Å²) < 4.78 is 0. The zero-order chi connectivity index (χ0) is 9.68. The van der Waals surface area contributed by atoms with Gasteiger partial charge in [-0.1, -0.05) is 13.8 Å². The Bertz CT molecular complexity index is 134. The number of hydrogen-bond donors (Lipinski definition) is 1. The summed E-state index contributed by atoms with van der Waals surface area (Å²) in [7, 11) is 2.09. The standard InChI is InChI=1S/C11H24N2/c1-10(2)9-13-7-4-5-11(12-3)6-8-13/h10-12H,4-9H2,1-3H3. The summed E-state index contributed by atoms with van der Waals surface area (Å²) in [5.41, 5.74) is 0. The van der Waals surface area contributed by atoms with E-state index in [2.05, 4.69) is 31.1 Å². The highest BCUT2D eigenvalue weighted by molar-refractivity contribution is 4.73. The maximum absolute atomic E-state index is 3.39. The lowest BCUT2D eigenvalue weighted by Crippen LogP contribution is -2.30. The molecule has 2 heteroatoms. The van der Waals surface area contributed by atoms with Gasteiger partial charge in [-0.05, 0) is 45.3 Å². The number of likely N-dealkylation sites (tertiary alicyclic amines) is 1. The quantitative estimate of drug-likeness (QED) is 0.718. The van der Waals surface area contributed by atoms with Crippen molar-refractivity contribution in [3.63, 3.8) is 0 Å². The van der Waals surface area contributed by atoms with Gasteiger partial charge in [-0.2, -0.15) is 0 Å². The second-order valence-corrected chi connectivity index (χ2v) is 4.61. The van der Waals surface area contributed by atoms with Crippen molar-refractivity contribution in [2.75, 3.05) is 26.7 Å². The Kier molecular flexibility index (Phi) is 4.74. The van der Waals surface area contributed by atoms with Gasteiger partial charge < -0.3 is 10.2 Å². The molecule has 1 saturated heterocycles. The van der Waals surface area contributed by atoms with Crippen LogP contribution >= 0.6 is 0 Å². The first-order valence-electron chi connectivity index (χ1n) is 5.62. The van der Waals surface area contributed by atoms with Gasteiger partial charge in [0.25, 0.3) is 0 Å². The van der Waals surface area contributed by atoms with Crippen LogP contribution in [0, 0.1) is 5.92 Å². The summed E-state index contributed by atoms with van der Waals surface area (Å²) in [6.07, 6.45) is 4.03. The van der Waals surface area contributed by atoms with Crippen LogP contribution < -0.4 is 5.32 Å². The topological polar surface area (TPSA) is 15.3 Å². The largest absolute Gasteiger partial charge is 0.317 e. The molecule has 1 heterocycles. The van der Waals surface area contributed by atoms with Gasteiger partial charge in [-0.3, -0.25) is 0 Å². The zero-order valence-electron chi connectivity index (χ0n) is 9.34. The van der Waals surface area contributed by atoms with Crippen molar-refractivity contribution in [1.82, 2.24) is 10.2 Å². The molecule has 0 aromatic rings. The van der Waals surface area contributed by atoms with E-state index in [-0.39, 0.29) is 0 Å². The third-order valence-corrected chi connectivity index (χ3v) is 2.85. The van der Waals surface area contributed by atoms with E-state index in [0.717, 1.165) is 12.0 Å². The smallest absolute Gasteiger partial charge is 0.00767 e. The predicted molar refractivity (Wildman–Crippen MR) is 58.0 cm³/mol. The fourth-order valence-corrected chi connectivity index (χ4v) is 2.14. The van der Waals surface area contributed by atoms with Crippen molar-refractivity contribution < 1.29 is 0 Å². The summed E-state index contributed by atoms with van der Waals surface area (Å²) in [6.45, 7) is 8.47. The molecule has 1 fully saturated rings. The van der Waals surface area contributed by atoms with Gasteiger partial charge >= 0.3 is 0 Å². The Morgan fingerprint density at radius 2 is 2.08 bits per heavy atom. The second-order valence-electron chi connectivity index (χ2n) is 4.61. The van der Waals surface area contributed by atoms with Crippen LogP contribution in [0.3, 0.4) is 0 Å². The molecule has 1 rings (SSSR count). The highest BCUT2D eigenvalue weighted by Gasteiger charge is 2.15. The molecule has 1 aliphatic rings. The van der Waals surface area contributed by atoms with E-state index in [1.165, 1.54) is 38.9 Å². The highest BCUT2D eigenvalue weighted by Crippen LogP contribution is 2.11. The Morgan fingerprint density at radius 3 is 2.69 bits per heavy atom. The highest BCUT2D eigenvalue weighted by atomic mass is 15.1. The molecule has 0 saturated carbocycles. The first-order chi connectivity index (χ1) is 6.22. The fraction of sp³-hybridized carbons (Fsp3) is 1.00. The molecule has 78 valence electrons. The van der Waals surface area contributed by atoms with Crippen LogP contribution in [0.1, 0.15) is 33.1 Å². The van der Waals surface area contributed by atoms with Crippen LogP contribution in [0.25, 0.3) is 0 Å². The summed E-state index contributed by atoms with van der Waals surface area (Å²) >= 11 is 0. The summed E-state index contributed by atoms with van der Waals surface area (Å²) in [6, 6.07) is 0.761. The monoisotopic (exact) mass is 184 g/mol. The van der Waals surface area contributed by atoms with Gasteiger partial charge in [-0.15, -0.1) is 0 Å². The molecule has 13 heavy (non-hydrogen) atoms. The summed E-state index contributed by atoms with van der Waals surface area (Å²) in [5.74, 6) is 0.811. The minimum atomic E-state index is 0.761. The third-order valence-electron chi connectivity index (χ3n) is 2.85. The molecule has 2 nitrogen and oxygen atoms in total. The lowest BCUT2D eigenvalue weighted by atomic mass is 10.1. The minimum Gasteiger partial charge on any atom is -0.317 e. The maximum atomic E-state index is 3.39. The molecule has 0 amide bonds. The minimum absolute atomic E-state index is 0.761. The summed E-state index contributed by atoms with van der Waals surface area (Å²) in [4.78, 5) is 2.61. The molecule has 1 N–H and O–H groups in total. The van der Waals surface area contributed by atoms with Gasteiger partial charge in [0.2, 0.25) is 0 Å². The Hall–Kier alpha value is -0.0800. The number of rotatable bonds is 3. The van der Waals surface area contributed by atoms with Crippen LogP contribution in [0.4, 0.5) is 0 Å². The van der Waals surface area contributed by atoms with Crippen molar-refractivity contribution in [3.8, 4) is 0 Å². The average Bonchev–Trinajstić information content (AvgIpc) is 2.29. The lowest BCUT2D eigenvalue weighted by Gasteiger charge is -2.22. The first-order valence-corrected chi connectivity index (χ1v) is 5.62. The molecule has 1 atom stereocenters. The Labute approximate surface area is 82.7 Å². The Balaban J connectivity index is 2.27. The molecule has 0 aromatic heterocycles. The number of hydrogen-bond acceptors (Lipinski definition) is 2. The first kappa shape index (κ1) is 11.0. The molecule has 1 unspecified atom stereocenters. The van der Waals surface area contributed by atoms with E-state index in [1.807, 2.05) is 0 Å². The van der Waals surface area contributed by atoms with Crippen molar-refractivity contribution in [1.29, 1.82) is 0 Å². The lowest BCUT2D eigenvalue weighted by molar-refractivity contribution is 0.252. The van der Waals surface area contributed by atoms with E-state index in [9.17, 15) is 0 Å². The number of nitrogens with zero attached hydrogens (tertiary/aromatic N) is 1. The van der Waals surface area contributed by atoms with E-state index in [1.54, 1.807) is 0 Å². The van der Waals surface area contributed by atoms with Gasteiger partial charge in [0.1, 0.15) is 0 Å². The molecule has 1 aliphatic heterocycles. The fourth-order valence-electron chi connectivity index (χ4n) is 2.14. The van der Waals surface area contributed by atoms with Gasteiger partial charge in [0, 0.05) is 12.6 Å². The molecule has 0 spiro atoms. The van der Waals surface area contributed by atoms with Crippen LogP contribution in [0.5, 0.6) is 0 Å². The molecule has 0 bridgehead atoms. The molecular formula is C11H24N2. The zero-order valence-corrected chi connectivity index (χ0v) is 9.34. The predicted octanol–water partition coefficient (Wildman–Crippen LogP) is 1.72. The van der Waals surface area contributed by atoms with Crippen molar-refractivity contribution >= 4 is 0 Å². The van der Waals surface area contributed by atoms with E-state index in [0.29, 0.717) is 0 Å². The molecule has 0 radical (unpaired) electrons. The maximum Gasteiger partial charge on any atom is 0.00767 e. The van der Waals surface area contributed by atoms with Crippen LogP contribution in [-0.4, -0.2) is 37.6 Å². The van der Waals surface area contributed by atoms with Gasteiger partial charge in [-0.25, -0.2) is 0 Å².